The minimum atomic E-state index is 0.417. The largest absolute Gasteiger partial charge is 0.488 e. The molecule has 6 heteroatoms. The van der Waals surface area contributed by atoms with Gasteiger partial charge in [-0.2, -0.15) is 0 Å². The number of fused-ring (bicyclic) bond motifs is 1. The first-order chi connectivity index (χ1) is 17.1. The Labute approximate surface area is 203 Å². The van der Waals surface area contributed by atoms with Crippen LogP contribution in [-0.2, 0) is 13.2 Å². The fourth-order valence-corrected chi connectivity index (χ4v) is 5.22. The molecule has 0 aliphatic carbocycles. The maximum Gasteiger partial charge on any atom is 0.132 e. The number of ether oxygens (including phenoxy) is 2. The summed E-state index contributed by atoms with van der Waals surface area (Å²) in [7, 11) is 0. The van der Waals surface area contributed by atoms with Crippen molar-refractivity contribution < 1.29 is 9.47 Å². The van der Waals surface area contributed by atoms with Crippen molar-refractivity contribution in [3.63, 3.8) is 0 Å². The molecule has 174 valence electrons. The molecule has 0 fully saturated rings. The quantitative estimate of drug-likeness (QED) is 0.305. The van der Waals surface area contributed by atoms with E-state index in [2.05, 4.69) is 71.3 Å². The third kappa shape index (κ3) is 3.16. The van der Waals surface area contributed by atoms with Gasteiger partial charge in [0.1, 0.15) is 36.4 Å². The minimum absolute atomic E-state index is 0.417. The zero-order valence-corrected chi connectivity index (χ0v) is 20.0. The highest BCUT2D eigenvalue weighted by Crippen LogP contribution is 2.51. The summed E-state index contributed by atoms with van der Waals surface area (Å²) in [6, 6.07) is 15.2. The maximum absolute atomic E-state index is 6.26. The predicted molar refractivity (Wildman–Crippen MR) is 137 cm³/mol. The summed E-state index contributed by atoms with van der Waals surface area (Å²) in [6.07, 6.45) is 2.91. The maximum atomic E-state index is 6.26. The van der Waals surface area contributed by atoms with E-state index < -0.39 is 0 Å². The Kier molecular flexibility index (Phi) is 4.34. The molecule has 35 heavy (non-hydrogen) atoms. The van der Waals surface area contributed by atoms with Crippen LogP contribution < -0.4 is 9.47 Å². The number of aromatic amines is 2. The number of imidazole rings is 2. The van der Waals surface area contributed by atoms with Gasteiger partial charge in [-0.25, -0.2) is 9.97 Å². The summed E-state index contributed by atoms with van der Waals surface area (Å²) in [5.74, 6) is 4.08. The second kappa shape index (κ2) is 7.47. The Morgan fingerprint density at radius 2 is 1.63 bits per heavy atom. The summed E-state index contributed by atoms with van der Waals surface area (Å²) in [4.78, 5) is 15.9. The number of aromatic nitrogens is 4. The Balaban J connectivity index is 1.32. The van der Waals surface area contributed by atoms with Crippen LogP contribution in [0.1, 0.15) is 49.0 Å². The van der Waals surface area contributed by atoms with Crippen LogP contribution in [0.15, 0.2) is 48.7 Å². The first-order valence-corrected chi connectivity index (χ1v) is 12.2. The number of nitrogens with zero attached hydrogens (tertiary/aromatic N) is 2. The predicted octanol–water partition coefficient (Wildman–Crippen LogP) is 6.89. The van der Waals surface area contributed by atoms with Crippen LogP contribution >= 0.6 is 0 Å². The van der Waals surface area contributed by atoms with E-state index in [1.807, 2.05) is 13.1 Å². The van der Waals surface area contributed by atoms with E-state index in [9.17, 15) is 0 Å². The molecule has 5 aromatic rings. The van der Waals surface area contributed by atoms with Crippen molar-refractivity contribution in [1.29, 1.82) is 0 Å². The van der Waals surface area contributed by atoms with Crippen molar-refractivity contribution in [2.45, 2.75) is 46.3 Å². The zero-order valence-electron chi connectivity index (χ0n) is 20.0. The number of benzene rings is 3. The Morgan fingerprint density at radius 1 is 0.886 bits per heavy atom. The first-order valence-electron chi connectivity index (χ1n) is 12.2. The lowest BCUT2D eigenvalue weighted by atomic mass is 9.86. The van der Waals surface area contributed by atoms with Crippen molar-refractivity contribution in [3.8, 4) is 45.0 Å². The van der Waals surface area contributed by atoms with Crippen LogP contribution in [0.5, 0.6) is 11.5 Å². The van der Waals surface area contributed by atoms with Gasteiger partial charge in [0.2, 0.25) is 0 Å². The SMILES string of the molecule is CCC(C)c1nc2ccc(-c3cc4c5c(c3)COc3cc(-c6cnc(C)[nH]6)cc(c3-5)OC4)cc2[nH]1. The molecule has 2 aliphatic rings. The van der Waals surface area contributed by atoms with Crippen molar-refractivity contribution in [3.05, 3.63) is 71.4 Å². The van der Waals surface area contributed by atoms with Crippen LogP contribution in [0.4, 0.5) is 0 Å². The van der Waals surface area contributed by atoms with Crippen molar-refractivity contribution in [2.24, 2.45) is 0 Å². The van der Waals surface area contributed by atoms with Gasteiger partial charge >= 0.3 is 0 Å². The van der Waals surface area contributed by atoms with Crippen LogP contribution in [0.2, 0.25) is 0 Å². The molecule has 2 aliphatic heterocycles. The second-order valence-electron chi connectivity index (χ2n) is 9.64. The molecule has 2 aromatic heterocycles. The topological polar surface area (TPSA) is 75.8 Å². The molecule has 6 nitrogen and oxygen atoms in total. The van der Waals surface area contributed by atoms with Gasteiger partial charge in [0.05, 0.1) is 28.5 Å². The Bertz CT molecular complexity index is 1580. The van der Waals surface area contributed by atoms with Crippen LogP contribution in [0, 0.1) is 6.92 Å². The molecule has 0 bridgehead atoms. The molecule has 1 unspecified atom stereocenters. The molecule has 1 atom stereocenters. The average molecular weight is 463 g/mol. The van der Waals surface area contributed by atoms with E-state index in [0.717, 1.165) is 63.0 Å². The summed E-state index contributed by atoms with van der Waals surface area (Å²) in [5, 5.41) is 0. The molecular formula is C29H26N4O2. The molecule has 7 rings (SSSR count). The van der Waals surface area contributed by atoms with Crippen LogP contribution in [-0.4, -0.2) is 19.9 Å². The lowest BCUT2D eigenvalue weighted by molar-refractivity contribution is 0.277. The van der Waals surface area contributed by atoms with Gasteiger partial charge in [0.25, 0.3) is 0 Å². The van der Waals surface area contributed by atoms with Crippen LogP contribution in [0.3, 0.4) is 0 Å². The smallest absolute Gasteiger partial charge is 0.132 e. The lowest BCUT2D eigenvalue weighted by Crippen LogP contribution is -2.15. The molecule has 3 aromatic carbocycles. The van der Waals surface area contributed by atoms with E-state index in [0.29, 0.717) is 19.1 Å². The molecule has 0 saturated carbocycles. The first kappa shape index (κ1) is 20.3. The number of hydrogen-bond donors (Lipinski definition) is 2. The number of rotatable bonds is 4. The van der Waals surface area contributed by atoms with Crippen LogP contribution in [0.25, 0.3) is 44.5 Å². The van der Waals surface area contributed by atoms with E-state index in [1.165, 1.54) is 22.3 Å². The molecule has 0 radical (unpaired) electrons. The Morgan fingerprint density at radius 3 is 2.29 bits per heavy atom. The number of hydrogen-bond acceptors (Lipinski definition) is 4. The monoisotopic (exact) mass is 462 g/mol. The zero-order chi connectivity index (χ0) is 23.7. The van der Waals surface area contributed by atoms with E-state index >= 15 is 0 Å². The van der Waals surface area contributed by atoms with Gasteiger partial charge in [0, 0.05) is 17.0 Å². The molecule has 4 heterocycles. The number of H-pyrrole nitrogens is 2. The Hall–Kier alpha value is -4.06. The van der Waals surface area contributed by atoms with E-state index in [-0.39, 0.29) is 0 Å². The third-order valence-electron chi connectivity index (χ3n) is 7.31. The van der Waals surface area contributed by atoms with Gasteiger partial charge in [-0.05, 0) is 72.0 Å². The standard InChI is InChI=1S/C29H26N4O2/c1-4-15(2)29-32-22-6-5-17(9-23(22)33-29)18-7-20-13-34-25-10-19(24-12-30-16(3)31-24)11-26-28(25)27(20)21(8-18)14-35-26/h5-12,15H,4,13-14H2,1-3H3,(H,30,31)(H,32,33). The van der Waals surface area contributed by atoms with Gasteiger partial charge in [-0.3, -0.25) is 0 Å². The number of nitrogens with one attached hydrogen (secondary N) is 2. The highest BCUT2D eigenvalue weighted by molar-refractivity contribution is 5.90. The van der Waals surface area contributed by atoms with Gasteiger partial charge in [-0.1, -0.05) is 19.9 Å². The third-order valence-corrected chi connectivity index (χ3v) is 7.31. The summed E-state index contributed by atoms with van der Waals surface area (Å²) in [5.41, 5.74) is 11.1. The van der Waals surface area contributed by atoms with Crippen molar-refractivity contribution >= 4 is 11.0 Å². The molecule has 0 amide bonds. The van der Waals surface area contributed by atoms with Crippen molar-refractivity contribution in [2.75, 3.05) is 0 Å². The highest BCUT2D eigenvalue weighted by atomic mass is 16.5. The molecule has 0 spiro atoms. The van der Waals surface area contributed by atoms with Gasteiger partial charge < -0.3 is 19.4 Å². The number of aryl methyl sites for hydroxylation is 1. The van der Waals surface area contributed by atoms with E-state index in [4.69, 9.17) is 14.5 Å². The van der Waals surface area contributed by atoms with E-state index in [1.54, 1.807) is 0 Å². The highest BCUT2D eigenvalue weighted by Gasteiger charge is 2.30. The fraction of sp³-hybridized carbons (Fsp3) is 0.241. The average Bonchev–Trinajstić information content (AvgIpc) is 3.52. The summed E-state index contributed by atoms with van der Waals surface area (Å²) in [6.45, 7) is 7.43. The second-order valence-corrected chi connectivity index (χ2v) is 9.64. The molecule has 2 N–H and O–H groups in total. The lowest BCUT2D eigenvalue weighted by Gasteiger charge is -2.30. The van der Waals surface area contributed by atoms with Gasteiger partial charge in [0.15, 0.2) is 0 Å². The molecular weight excluding hydrogens is 436 g/mol. The minimum Gasteiger partial charge on any atom is -0.488 e. The fourth-order valence-electron chi connectivity index (χ4n) is 5.22. The summed E-state index contributed by atoms with van der Waals surface area (Å²) < 4.78 is 12.5. The van der Waals surface area contributed by atoms with Gasteiger partial charge in [-0.15, -0.1) is 0 Å². The van der Waals surface area contributed by atoms with Crippen molar-refractivity contribution in [1.82, 2.24) is 19.9 Å². The molecule has 0 saturated heterocycles. The summed E-state index contributed by atoms with van der Waals surface area (Å²) >= 11 is 0. The normalized spacial score (nSPS) is 14.4.